The van der Waals surface area contributed by atoms with Crippen LogP contribution in [0.4, 0.5) is 0 Å². The lowest BCUT2D eigenvalue weighted by atomic mass is 10.0. The zero-order valence-corrected chi connectivity index (χ0v) is 12.2. The fraction of sp³-hybridized carbons (Fsp3) is 0.333. The van der Waals surface area contributed by atoms with Gasteiger partial charge in [0.25, 0.3) is 0 Å². The van der Waals surface area contributed by atoms with Crippen molar-refractivity contribution in [2.75, 3.05) is 0 Å². The minimum Gasteiger partial charge on any atom is -0.271 e. The van der Waals surface area contributed by atoms with Crippen molar-refractivity contribution in [2.24, 2.45) is 12.9 Å². The van der Waals surface area contributed by atoms with E-state index in [0.29, 0.717) is 16.6 Å². The van der Waals surface area contributed by atoms with Crippen molar-refractivity contribution in [3.63, 3.8) is 0 Å². The second kappa shape index (κ2) is 5.88. The van der Waals surface area contributed by atoms with Gasteiger partial charge in [-0.25, -0.2) is 0 Å². The maximum atomic E-state index is 6.23. The van der Waals surface area contributed by atoms with E-state index in [0.717, 1.165) is 16.8 Å². The maximum Gasteiger partial charge on any atom is 0.130 e. The van der Waals surface area contributed by atoms with E-state index < -0.39 is 0 Å². The van der Waals surface area contributed by atoms with Crippen LogP contribution in [0.15, 0.2) is 18.5 Å². The van der Waals surface area contributed by atoms with Crippen molar-refractivity contribution in [3.8, 4) is 0 Å². The molecule has 2 heterocycles. The summed E-state index contributed by atoms with van der Waals surface area (Å²) in [5.41, 5.74) is 5.50. The second-order valence-electron chi connectivity index (χ2n) is 4.30. The minimum atomic E-state index is -0.143. The molecule has 0 saturated heterocycles. The molecule has 0 saturated carbocycles. The minimum absolute atomic E-state index is 0.143. The lowest BCUT2D eigenvalue weighted by Crippen LogP contribution is -2.30. The SMILES string of the molecule is Cc1nn(C)c(Cl)c1CC(NN)c1ccncc1Cl. The molecule has 2 rings (SSSR count). The van der Waals surface area contributed by atoms with Crippen molar-refractivity contribution in [1.82, 2.24) is 20.2 Å². The molecule has 0 aliphatic rings. The predicted molar refractivity (Wildman–Crippen MR) is 76.0 cm³/mol. The average molecular weight is 300 g/mol. The number of nitrogens with one attached hydrogen (secondary N) is 1. The molecule has 0 aromatic carbocycles. The number of nitrogens with zero attached hydrogens (tertiary/aromatic N) is 3. The number of nitrogens with two attached hydrogens (primary N) is 1. The first kappa shape index (κ1) is 14.3. The summed E-state index contributed by atoms with van der Waals surface area (Å²) in [6, 6.07) is 1.70. The van der Waals surface area contributed by atoms with Crippen LogP contribution in [0.3, 0.4) is 0 Å². The third-order valence-corrected chi connectivity index (χ3v) is 3.85. The quantitative estimate of drug-likeness (QED) is 0.671. The summed E-state index contributed by atoms with van der Waals surface area (Å²) in [4.78, 5) is 3.96. The highest BCUT2D eigenvalue weighted by Gasteiger charge is 2.19. The van der Waals surface area contributed by atoms with Crippen LogP contribution >= 0.6 is 23.2 Å². The number of aromatic nitrogens is 3. The van der Waals surface area contributed by atoms with Crippen molar-refractivity contribution in [2.45, 2.75) is 19.4 Å². The number of hydrazine groups is 1. The van der Waals surface area contributed by atoms with Crippen LogP contribution in [0.25, 0.3) is 0 Å². The van der Waals surface area contributed by atoms with E-state index in [9.17, 15) is 0 Å². The molecule has 1 unspecified atom stereocenters. The van der Waals surface area contributed by atoms with Crippen molar-refractivity contribution in [3.05, 3.63) is 45.5 Å². The molecule has 0 amide bonds. The Hall–Kier alpha value is -1.14. The van der Waals surface area contributed by atoms with Crippen LogP contribution in [0.2, 0.25) is 10.2 Å². The van der Waals surface area contributed by atoms with E-state index in [2.05, 4.69) is 15.5 Å². The van der Waals surface area contributed by atoms with E-state index in [1.54, 1.807) is 17.1 Å². The smallest absolute Gasteiger partial charge is 0.130 e. The van der Waals surface area contributed by atoms with Gasteiger partial charge < -0.3 is 0 Å². The summed E-state index contributed by atoms with van der Waals surface area (Å²) < 4.78 is 1.65. The van der Waals surface area contributed by atoms with Crippen LogP contribution in [0, 0.1) is 6.92 Å². The number of rotatable bonds is 4. The number of hydrogen-bond donors (Lipinski definition) is 2. The molecule has 0 radical (unpaired) electrons. The summed E-state index contributed by atoms with van der Waals surface area (Å²) in [6.45, 7) is 1.92. The Balaban J connectivity index is 2.32. The Morgan fingerprint density at radius 1 is 1.47 bits per heavy atom. The molecule has 0 fully saturated rings. The number of pyridine rings is 1. The molecular weight excluding hydrogens is 285 g/mol. The van der Waals surface area contributed by atoms with Gasteiger partial charge in [0, 0.05) is 25.0 Å². The normalized spacial score (nSPS) is 12.7. The first-order valence-corrected chi connectivity index (χ1v) is 6.53. The van der Waals surface area contributed by atoms with Gasteiger partial charge >= 0.3 is 0 Å². The Morgan fingerprint density at radius 3 is 2.74 bits per heavy atom. The topological polar surface area (TPSA) is 68.8 Å². The molecular formula is C12H15Cl2N5. The van der Waals surface area contributed by atoms with E-state index in [1.807, 2.05) is 20.0 Å². The van der Waals surface area contributed by atoms with Gasteiger partial charge in [-0.05, 0) is 25.0 Å². The summed E-state index contributed by atoms with van der Waals surface area (Å²) in [5, 5.41) is 5.47. The number of aryl methyl sites for hydroxylation is 2. The van der Waals surface area contributed by atoms with E-state index in [1.165, 1.54) is 0 Å². The maximum absolute atomic E-state index is 6.23. The lowest BCUT2D eigenvalue weighted by molar-refractivity contribution is 0.550. The Morgan fingerprint density at radius 2 is 2.21 bits per heavy atom. The lowest BCUT2D eigenvalue weighted by Gasteiger charge is -2.17. The molecule has 0 bridgehead atoms. The van der Waals surface area contributed by atoms with Gasteiger partial charge in [-0.1, -0.05) is 23.2 Å². The zero-order valence-electron chi connectivity index (χ0n) is 10.7. The highest BCUT2D eigenvalue weighted by atomic mass is 35.5. The molecule has 0 aliphatic carbocycles. The van der Waals surface area contributed by atoms with Gasteiger partial charge in [-0.2, -0.15) is 5.10 Å². The summed E-state index contributed by atoms with van der Waals surface area (Å²) in [7, 11) is 1.81. The zero-order chi connectivity index (χ0) is 14.0. The van der Waals surface area contributed by atoms with E-state index in [4.69, 9.17) is 29.0 Å². The first-order chi connectivity index (χ1) is 9.04. The third-order valence-electron chi connectivity index (χ3n) is 3.06. The van der Waals surface area contributed by atoms with Gasteiger partial charge in [-0.15, -0.1) is 0 Å². The van der Waals surface area contributed by atoms with Gasteiger partial charge in [0.05, 0.1) is 16.8 Å². The molecule has 19 heavy (non-hydrogen) atoms. The number of hydrogen-bond acceptors (Lipinski definition) is 4. The number of halogens is 2. The average Bonchev–Trinajstić information content (AvgIpc) is 2.63. The Kier molecular flexibility index (Phi) is 4.42. The molecule has 0 aliphatic heterocycles. The van der Waals surface area contributed by atoms with Gasteiger partial charge in [0.1, 0.15) is 5.15 Å². The van der Waals surface area contributed by atoms with Crippen LogP contribution in [-0.2, 0) is 13.5 Å². The Labute approximate surface area is 121 Å². The molecule has 2 aromatic heterocycles. The van der Waals surface area contributed by atoms with Gasteiger partial charge in [0.2, 0.25) is 0 Å². The standard InChI is InChI=1S/C12H15Cl2N5/c1-7-9(12(14)19(2)18-7)5-11(17-15)8-3-4-16-6-10(8)13/h3-4,6,11,17H,5,15H2,1-2H3. The summed E-state index contributed by atoms with van der Waals surface area (Å²) in [5.74, 6) is 5.63. The molecule has 1 atom stereocenters. The molecule has 102 valence electrons. The predicted octanol–water partition coefficient (Wildman–Crippen LogP) is 2.18. The second-order valence-corrected chi connectivity index (χ2v) is 5.06. The molecule has 7 heteroatoms. The van der Waals surface area contributed by atoms with Gasteiger partial charge in [-0.3, -0.25) is 20.9 Å². The van der Waals surface area contributed by atoms with Crippen molar-refractivity contribution >= 4 is 23.2 Å². The highest BCUT2D eigenvalue weighted by Crippen LogP contribution is 2.28. The summed E-state index contributed by atoms with van der Waals surface area (Å²) >= 11 is 12.4. The van der Waals surface area contributed by atoms with Crippen LogP contribution < -0.4 is 11.3 Å². The van der Waals surface area contributed by atoms with E-state index in [-0.39, 0.29) is 6.04 Å². The monoisotopic (exact) mass is 299 g/mol. The van der Waals surface area contributed by atoms with Gasteiger partial charge in [0.15, 0.2) is 0 Å². The fourth-order valence-electron chi connectivity index (χ4n) is 2.04. The third kappa shape index (κ3) is 2.90. The van der Waals surface area contributed by atoms with Crippen LogP contribution in [0.5, 0.6) is 0 Å². The summed E-state index contributed by atoms with van der Waals surface area (Å²) in [6.07, 6.45) is 3.89. The largest absolute Gasteiger partial charge is 0.271 e. The van der Waals surface area contributed by atoms with Crippen LogP contribution in [0.1, 0.15) is 22.9 Å². The molecule has 5 nitrogen and oxygen atoms in total. The molecule has 0 spiro atoms. The van der Waals surface area contributed by atoms with Crippen LogP contribution in [-0.4, -0.2) is 14.8 Å². The molecule has 2 aromatic rings. The molecule has 3 N–H and O–H groups in total. The first-order valence-electron chi connectivity index (χ1n) is 5.78. The highest BCUT2D eigenvalue weighted by molar-refractivity contribution is 6.31. The van der Waals surface area contributed by atoms with E-state index >= 15 is 0 Å². The Bertz CT molecular complexity index is 581. The van der Waals surface area contributed by atoms with Crippen molar-refractivity contribution in [1.29, 1.82) is 0 Å². The fourth-order valence-corrected chi connectivity index (χ4v) is 2.54. The van der Waals surface area contributed by atoms with Crippen molar-refractivity contribution < 1.29 is 0 Å².